The number of carbonyl (C=O) groups excluding carboxylic acids is 1. The third kappa shape index (κ3) is 12.7. The van der Waals surface area contributed by atoms with Gasteiger partial charge in [0.2, 0.25) is 0 Å². The molecule has 6 heteroatoms. The summed E-state index contributed by atoms with van der Waals surface area (Å²) >= 11 is 0. The van der Waals surface area contributed by atoms with Gasteiger partial charge in [0.15, 0.2) is 0 Å². The van der Waals surface area contributed by atoms with Crippen LogP contribution in [0.4, 0.5) is 4.79 Å². The standard InChI is InChI=1S/C19H35N3O3/c1-2-3-4-5-8-11-14-17-18(25-17)15-12-9-6-7-10-13-16-24-19(23)21-22-20/h17-18H,2-16H2,1H3. The number of hydrogen-bond donors (Lipinski definition) is 0. The van der Waals surface area contributed by atoms with E-state index in [-0.39, 0.29) is 0 Å². The molecule has 1 saturated heterocycles. The minimum absolute atomic E-state index is 0.341. The first kappa shape index (κ1) is 21.8. The van der Waals surface area contributed by atoms with E-state index in [1.165, 1.54) is 70.6 Å². The zero-order valence-electron chi connectivity index (χ0n) is 15.8. The van der Waals surface area contributed by atoms with Gasteiger partial charge in [-0.1, -0.05) is 77.6 Å². The Kier molecular flexibility index (Phi) is 13.1. The summed E-state index contributed by atoms with van der Waals surface area (Å²) in [5, 5.41) is 2.85. The van der Waals surface area contributed by atoms with Gasteiger partial charge in [0.25, 0.3) is 0 Å². The van der Waals surface area contributed by atoms with Crippen LogP contribution in [0.2, 0.25) is 0 Å². The molecule has 0 aromatic carbocycles. The van der Waals surface area contributed by atoms with Crippen LogP contribution >= 0.6 is 0 Å². The third-order valence-corrected chi connectivity index (χ3v) is 4.76. The van der Waals surface area contributed by atoms with Gasteiger partial charge >= 0.3 is 6.09 Å². The number of rotatable bonds is 16. The van der Waals surface area contributed by atoms with E-state index < -0.39 is 6.09 Å². The quantitative estimate of drug-likeness (QED) is 0.102. The predicted molar refractivity (Wildman–Crippen MR) is 99.5 cm³/mol. The van der Waals surface area contributed by atoms with Crippen LogP contribution in [0.25, 0.3) is 10.4 Å². The van der Waals surface area contributed by atoms with Crippen molar-refractivity contribution in [3.8, 4) is 0 Å². The number of unbranched alkanes of at least 4 members (excludes halogenated alkanes) is 10. The molecular formula is C19H35N3O3. The van der Waals surface area contributed by atoms with Crippen molar-refractivity contribution >= 4 is 6.09 Å². The Hall–Kier alpha value is -1.26. The van der Waals surface area contributed by atoms with E-state index >= 15 is 0 Å². The van der Waals surface area contributed by atoms with Gasteiger partial charge in [-0.15, -0.1) is 0 Å². The van der Waals surface area contributed by atoms with Gasteiger partial charge in [0, 0.05) is 10.0 Å². The van der Waals surface area contributed by atoms with E-state index in [0.717, 1.165) is 19.3 Å². The molecule has 0 N–H and O–H groups in total. The molecule has 1 rings (SSSR count). The molecule has 2 unspecified atom stereocenters. The molecule has 2 atom stereocenters. The first-order valence-corrected chi connectivity index (χ1v) is 10.1. The van der Waals surface area contributed by atoms with E-state index in [9.17, 15) is 4.79 Å². The highest BCUT2D eigenvalue weighted by Gasteiger charge is 2.36. The second-order valence-electron chi connectivity index (χ2n) is 6.98. The highest BCUT2D eigenvalue weighted by Crippen LogP contribution is 2.31. The summed E-state index contributed by atoms with van der Waals surface area (Å²) < 4.78 is 10.5. The second-order valence-corrected chi connectivity index (χ2v) is 6.98. The number of amides is 1. The molecule has 1 amide bonds. The van der Waals surface area contributed by atoms with Crippen molar-refractivity contribution in [1.29, 1.82) is 0 Å². The zero-order chi connectivity index (χ0) is 18.2. The molecule has 0 radical (unpaired) electrons. The molecular weight excluding hydrogens is 318 g/mol. The second kappa shape index (κ2) is 15.0. The van der Waals surface area contributed by atoms with Gasteiger partial charge in [-0.25, -0.2) is 4.79 Å². The monoisotopic (exact) mass is 353 g/mol. The van der Waals surface area contributed by atoms with Crippen LogP contribution in [-0.2, 0) is 9.47 Å². The van der Waals surface area contributed by atoms with E-state index in [2.05, 4.69) is 16.9 Å². The maximum atomic E-state index is 10.8. The highest BCUT2D eigenvalue weighted by atomic mass is 16.6. The van der Waals surface area contributed by atoms with Crippen LogP contribution in [0.15, 0.2) is 5.11 Å². The molecule has 25 heavy (non-hydrogen) atoms. The van der Waals surface area contributed by atoms with Crippen molar-refractivity contribution in [3.05, 3.63) is 10.4 Å². The van der Waals surface area contributed by atoms with Gasteiger partial charge in [-0.05, 0) is 24.8 Å². The molecule has 1 aliphatic heterocycles. The number of nitrogens with zero attached hydrogens (tertiary/aromatic N) is 3. The van der Waals surface area contributed by atoms with E-state index in [4.69, 9.17) is 15.0 Å². The Bertz CT molecular complexity index is 397. The fourth-order valence-electron chi connectivity index (χ4n) is 3.19. The van der Waals surface area contributed by atoms with Crippen LogP contribution in [0.3, 0.4) is 0 Å². The summed E-state index contributed by atoms with van der Waals surface area (Å²) in [6, 6.07) is 0. The van der Waals surface area contributed by atoms with E-state index in [1.54, 1.807) is 0 Å². The SMILES string of the molecule is CCCCCCCCC1OC1CCCCCCCCOC(=O)N=[N+]=[N-]. The third-order valence-electron chi connectivity index (χ3n) is 4.76. The van der Waals surface area contributed by atoms with Crippen molar-refractivity contribution in [1.82, 2.24) is 0 Å². The van der Waals surface area contributed by atoms with Crippen LogP contribution in [-0.4, -0.2) is 24.9 Å². The number of hydrogen-bond acceptors (Lipinski definition) is 3. The Morgan fingerprint density at radius 3 is 2.00 bits per heavy atom. The number of epoxide rings is 1. The molecule has 0 aliphatic carbocycles. The molecule has 1 aliphatic rings. The summed E-state index contributed by atoms with van der Waals surface area (Å²) in [4.78, 5) is 13.2. The summed E-state index contributed by atoms with van der Waals surface area (Å²) in [6.45, 7) is 2.60. The zero-order valence-corrected chi connectivity index (χ0v) is 15.8. The molecule has 0 bridgehead atoms. The van der Waals surface area contributed by atoms with Gasteiger partial charge in [-0.3, -0.25) is 0 Å². The first-order valence-electron chi connectivity index (χ1n) is 10.1. The van der Waals surface area contributed by atoms with Crippen LogP contribution in [0.5, 0.6) is 0 Å². The van der Waals surface area contributed by atoms with Crippen molar-refractivity contribution in [2.24, 2.45) is 5.11 Å². The minimum atomic E-state index is -0.831. The van der Waals surface area contributed by atoms with Crippen molar-refractivity contribution < 1.29 is 14.3 Å². The van der Waals surface area contributed by atoms with Crippen LogP contribution < -0.4 is 0 Å². The van der Waals surface area contributed by atoms with Gasteiger partial charge in [0.05, 0.1) is 18.8 Å². The lowest BCUT2D eigenvalue weighted by molar-refractivity contribution is 0.154. The van der Waals surface area contributed by atoms with Gasteiger partial charge in [-0.2, -0.15) is 0 Å². The maximum absolute atomic E-state index is 10.8. The molecule has 1 fully saturated rings. The topological polar surface area (TPSA) is 87.6 Å². The molecule has 6 nitrogen and oxygen atoms in total. The van der Waals surface area contributed by atoms with Crippen molar-refractivity contribution in [2.75, 3.05) is 6.61 Å². The molecule has 0 aromatic rings. The Balaban J connectivity index is 1.77. The largest absolute Gasteiger partial charge is 0.461 e. The Labute approximate surface area is 152 Å². The van der Waals surface area contributed by atoms with Gasteiger partial charge < -0.3 is 9.47 Å². The Morgan fingerprint density at radius 2 is 1.44 bits per heavy atom. The predicted octanol–water partition coefficient (Wildman–Crippen LogP) is 6.68. The molecule has 0 spiro atoms. The lowest BCUT2D eigenvalue weighted by Gasteiger charge is -2.02. The average Bonchev–Trinajstić information content (AvgIpc) is 3.35. The average molecular weight is 354 g/mol. The van der Waals surface area contributed by atoms with Crippen molar-refractivity contribution in [2.45, 2.75) is 109 Å². The van der Waals surface area contributed by atoms with Crippen LogP contribution in [0, 0.1) is 0 Å². The fourth-order valence-corrected chi connectivity index (χ4v) is 3.19. The molecule has 0 saturated carbocycles. The smallest absolute Gasteiger partial charge is 0.396 e. The summed E-state index contributed by atoms with van der Waals surface area (Å²) in [5.74, 6) is 0. The molecule has 0 aromatic heterocycles. The van der Waals surface area contributed by atoms with Gasteiger partial charge in [0.1, 0.15) is 0 Å². The molecule has 144 valence electrons. The van der Waals surface area contributed by atoms with E-state index in [1.807, 2.05) is 0 Å². The summed E-state index contributed by atoms with van der Waals surface area (Å²) in [5.41, 5.74) is 8.05. The lowest BCUT2D eigenvalue weighted by Crippen LogP contribution is -1.99. The minimum Gasteiger partial charge on any atom is -0.461 e. The molecule has 1 heterocycles. The summed E-state index contributed by atoms with van der Waals surface area (Å²) in [7, 11) is 0. The lowest BCUT2D eigenvalue weighted by atomic mass is 10.0. The van der Waals surface area contributed by atoms with Crippen molar-refractivity contribution in [3.63, 3.8) is 0 Å². The Morgan fingerprint density at radius 1 is 0.920 bits per heavy atom. The fraction of sp³-hybridized carbons (Fsp3) is 0.947. The van der Waals surface area contributed by atoms with Crippen LogP contribution in [0.1, 0.15) is 96.8 Å². The number of carbonyl (C=O) groups is 1. The summed E-state index contributed by atoms with van der Waals surface area (Å²) in [6.07, 6.45) is 17.7. The van der Waals surface area contributed by atoms with E-state index in [0.29, 0.717) is 18.8 Å². The maximum Gasteiger partial charge on any atom is 0.396 e. The number of ether oxygens (including phenoxy) is 2. The number of azide groups is 1. The highest BCUT2D eigenvalue weighted by molar-refractivity contribution is 5.67. The normalized spacial score (nSPS) is 18.6. The first-order chi connectivity index (χ1) is 12.3.